The van der Waals surface area contributed by atoms with E-state index in [-0.39, 0.29) is 11.4 Å². The fraction of sp³-hybridized carbons (Fsp3) is 0.357. The molecule has 0 bridgehead atoms. The minimum atomic E-state index is -0.220. The zero-order chi connectivity index (χ0) is 12.9. The second-order valence-corrected chi connectivity index (χ2v) is 4.81. The molecule has 0 saturated carbocycles. The van der Waals surface area contributed by atoms with E-state index in [0.717, 1.165) is 11.3 Å². The van der Waals surface area contributed by atoms with Crippen molar-refractivity contribution >= 4 is 12.0 Å². The summed E-state index contributed by atoms with van der Waals surface area (Å²) in [5, 5.41) is 2.86. The lowest BCUT2D eigenvalue weighted by Crippen LogP contribution is -2.39. The average Bonchev–Trinajstić information content (AvgIpc) is 2.24. The molecule has 17 heavy (non-hydrogen) atoms. The number of methoxy groups -OCH3 is 1. The van der Waals surface area contributed by atoms with Crippen molar-refractivity contribution in [2.75, 3.05) is 7.11 Å². The lowest BCUT2D eigenvalue weighted by molar-refractivity contribution is -0.117. The highest BCUT2D eigenvalue weighted by molar-refractivity contribution is 5.92. The average molecular weight is 233 g/mol. The highest BCUT2D eigenvalue weighted by Crippen LogP contribution is 2.18. The molecule has 1 aromatic carbocycles. The molecule has 0 aliphatic heterocycles. The zero-order valence-electron chi connectivity index (χ0n) is 10.8. The van der Waals surface area contributed by atoms with Crippen LogP contribution in [-0.2, 0) is 4.79 Å². The first kappa shape index (κ1) is 13.3. The number of para-hydroxylation sites is 1. The molecule has 1 rings (SSSR count). The summed E-state index contributed by atoms with van der Waals surface area (Å²) in [5.74, 6) is 0.649. The minimum absolute atomic E-state index is 0.108. The van der Waals surface area contributed by atoms with Gasteiger partial charge in [-0.3, -0.25) is 4.79 Å². The third-order valence-electron chi connectivity index (χ3n) is 2.05. The lowest BCUT2D eigenvalue weighted by atomic mass is 10.1. The third kappa shape index (κ3) is 4.72. The molecule has 0 aliphatic carbocycles. The monoisotopic (exact) mass is 233 g/mol. The summed E-state index contributed by atoms with van der Waals surface area (Å²) in [6, 6.07) is 7.57. The van der Waals surface area contributed by atoms with Crippen molar-refractivity contribution < 1.29 is 9.53 Å². The predicted octanol–water partition coefficient (Wildman–Crippen LogP) is 2.62. The molecule has 0 spiro atoms. The van der Waals surface area contributed by atoms with Crippen LogP contribution in [0.25, 0.3) is 6.08 Å². The molecule has 0 radical (unpaired) electrons. The van der Waals surface area contributed by atoms with E-state index in [9.17, 15) is 4.79 Å². The number of nitrogens with one attached hydrogen (secondary N) is 1. The van der Waals surface area contributed by atoms with Crippen LogP contribution in [0.2, 0.25) is 0 Å². The topological polar surface area (TPSA) is 38.3 Å². The Balaban J connectivity index is 2.74. The molecule has 0 unspecified atom stereocenters. The van der Waals surface area contributed by atoms with Crippen molar-refractivity contribution in [1.82, 2.24) is 5.32 Å². The predicted molar refractivity (Wildman–Crippen MR) is 69.9 cm³/mol. The lowest BCUT2D eigenvalue weighted by Gasteiger charge is -2.19. The zero-order valence-corrected chi connectivity index (χ0v) is 10.8. The Bertz CT molecular complexity index is 416. The summed E-state index contributed by atoms with van der Waals surface area (Å²) in [5.41, 5.74) is 0.668. The molecule has 1 amide bonds. The van der Waals surface area contributed by atoms with Crippen LogP contribution in [0.1, 0.15) is 26.3 Å². The van der Waals surface area contributed by atoms with Crippen molar-refractivity contribution in [3.8, 4) is 5.75 Å². The molecule has 0 aliphatic rings. The van der Waals surface area contributed by atoms with Crippen molar-refractivity contribution in [2.24, 2.45) is 0 Å². The maximum atomic E-state index is 11.6. The van der Waals surface area contributed by atoms with E-state index in [1.807, 2.05) is 45.0 Å². The summed E-state index contributed by atoms with van der Waals surface area (Å²) >= 11 is 0. The second-order valence-electron chi connectivity index (χ2n) is 4.81. The van der Waals surface area contributed by atoms with E-state index < -0.39 is 0 Å². The van der Waals surface area contributed by atoms with E-state index in [1.54, 1.807) is 13.2 Å². The van der Waals surface area contributed by atoms with Crippen LogP contribution in [0, 0.1) is 0 Å². The Morgan fingerprint density at radius 1 is 1.29 bits per heavy atom. The quantitative estimate of drug-likeness (QED) is 0.815. The van der Waals surface area contributed by atoms with Crippen LogP contribution in [0.5, 0.6) is 5.75 Å². The Labute approximate surface area is 102 Å². The van der Waals surface area contributed by atoms with Crippen molar-refractivity contribution in [1.29, 1.82) is 0 Å². The molecule has 1 aromatic rings. The van der Waals surface area contributed by atoms with Gasteiger partial charge in [-0.25, -0.2) is 0 Å². The van der Waals surface area contributed by atoms with Crippen LogP contribution in [0.3, 0.4) is 0 Å². The Kier molecular flexibility index (Phi) is 4.32. The molecule has 0 aromatic heterocycles. The molecule has 3 heteroatoms. The number of carbonyl (C=O) groups is 1. The first-order valence-electron chi connectivity index (χ1n) is 5.55. The summed E-state index contributed by atoms with van der Waals surface area (Å²) in [6.07, 6.45) is 3.27. The number of rotatable bonds is 3. The number of hydrogen-bond donors (Lipinski definition) is 1. The fourth-order valence-corrected chi connectivity index (χ4v) is 1.38. The maximum Gasteiger partial charge on any atom is 0.244 e. The molecular formula is C14H19NO2. The van der Waals surface area contributed by atoms with Crippen LogP contribution >= 0.6 is 0 Å². The van der Waals surface area contributed by atoms with E-state index in [0.29, 0.717) is 0 Å². The van der Waals surface area contributed by atoms with Crippen molar-refractivity contribution in [3.63, 3.8) is 0 Å². The van der Waals surface area contributed by atoms with Gasteiger partial charge in [0.2, 0.25) is 5.91 Å². The van der Waals surface area contributed by atoms with Gasteiger partial charge in [-0.15, -0.1) is 0 Å². The van der Waals surface area contributed by atoms with Gasteiger partial charge in [0.25, 0.3) is 0 Å². The Morgan fingerprint density at radius 2 is 1.94 bits per heavy atom. The third-order valence-corrected chi connectivity index (χ3v) is 2.05. The summed E-state index contributed by atoms with van der Waals surface area (Å²) in [7, 11) is 1.61. The van der Waals surface area contributed by atoms with Gasteiger partial charge in [-0.1, -0.05) is 18.2 Å². The standard InChI is InChI=1S/C14H19NO2/c1-14(2,3)15-13(16)10-9-11-7-5-6-8-12(11)17-4/h5-10H,1-4H3,(H,15,16). The molecule has 0 heterocycles. The van der Waals surface area contributed by atoms with E-state index in [2.05, 4.69) is 5.32 Å². The minimum Gasteiger partial charge on any atom is -0.496 e. The molecule has 0 saturated heterocycles. The summed E-state index contributed by atoms with van der Waals surface area (Å²) < 4.78 is 5.20. The highest BCUT2D eigenvalue weighted by atomic mass is 16.5. The van der Waals surface area contributed by atoms with Crippen LogP contribution in [-0.4, -0.2) is 18.6 Å². The number of amides is 1. The van der Waals surface area contributed by atoms with Crippen molar-refractivity contribution in [3.05, 3.63) is 35.9 Å². The second kappa shape index (κ2) is 5.53. The van der Waals surface area contributed by atoms with Gasteiger partial charge in [0.05, 0.1) is 7.11 Å². The van der Waals surface area contributed by atoms with Gasteiger partial charge in [0, 0.05) is 17.2 Å². The van der Waals surface area contributed by atoms with Crippen LogP contribution in [0.4, 0.5) is 0 Å². The van der Waals surface area contributed by atoms with E-state index >= 15 is 0 Å². The first-order chi connectivity index (χ1) is 7.92. The number of carbonyl (C=O) groups excluding carboxylic acids is 1. The molecule has 1 N–H and O–H groups in total. The summed E-state index contributed by atoms with van der Waals surface area (Å²) in [6.45, 7) is 5.84. The van der Waals surface area contributed by atoms with Gasteiger partial charge < -0.3 is 10.1 Å². The first-order valence-corrected chi connectivity index (χ1v) is 5.55. The number of ether oxygens (including phenoxy) is 1. The molecule has 92 valence electrons. The summed E-state index contributed by atoms with van der Waals surface area (Å²) in [4.78, 5) is 11.6. The number of benzene rings is 1. The van der Waals surface area contributed by atoms with E-state index in [4.69, 9.17) is 4.74 Å². The van der Waals surface area contributed by atoms with Gasteiger partial charge in [-0.05, 0) is 32.9 Å². The molecular weight excluding hydrogens is 214 g/mol. The SMILES string of the molecule is COc1ccccc1C=CC(=O)NC(C)(C)C. The van der Waals surface area contributed by atoms with E-state index in [1.165, 1.54) is 6.08 Å². The fourth-order valence-electron chi connectivity index (χ4n) is 1.38. The maximum absolute atomic E-state index is 11.6. The largest absolute Gasteiger partial charge is 0.496 e. The molecule has 0 atom stereocenters. The molecule has 3 nitrogen and oxygen atoms in total. The normalized spacial score (nSPS) is 11.5. The van der Waals surface area contributed by atoms with Crippen LogP contribution in [0.15, 0.2) is 30.3 Å². The molecule has 0 fully saturated rings. The number of hydrogen-bond acceptors (Lipinski definition) is 2. The van der Waals surface area contributed by atoms with Gasteiger partial charge in [0.1, 0.15) is 5.75 Å². The van der Waals surface area contributed by atoms with Crippen LogP contribution < -0.4 is 10.1 Å². The van der Waals surface area contributed by atoms with Crippen molar-refractivity contribution in [2.45, 2.75) is 26.3 Å². The Hall–Kier alpha value is -1.77. The van der Waals surface area contributed by atoms with Gasteiger partial charge >= 0.3 is 0 Å². The van der Waals surface area contributed by atoms with Gasteiger partial charge in [0.15, 0.2) is 0 Å². The van der Waals surface area contributed by atoms with Gasteiger partial charge in [-0.2, -0.15) is 0 Å². The smallest absolute Gasteiger partial charge is 0.244 e. The highest BCUT2D eigenvalue weighted by Gasteiger charge is 2.11. The Morgan fingerprint density at radius 3 is 2.53 bits per heavy atom.